The Morgan fingerprint density at radius 1 is 0.652 bits per heavy atom. The maximum atomic E-state index is 13.6. The zero-order valence-electron chi connectivity index (χ0n) is 51.1. The molecule has 1 aliphatic heterocycles. The number of carboxylic acid groups (broad SMARTS) is 4. The molecule has 510 valence electrons. The Hall–Kier alpha value is -6.93. The van der Waals surface area contributed by atoms with E-state index in [0.29, 0.717) is 17.7 Å². The summed E-state index contributed by atoms with van der Waals surface area (Å²) in [5, 5.41) is 45.6. The first-order valence-electron chi connectivity index (χ1n) is 29.6. The number of sulfonamides is 1. The first-order valence-corrected chi connectivity index (χ1v) is 35.1. The van der Waals surface area contributed by atoms with Gasteiger partial charge in [-0.15, -0.1) is 11.3 Å². The van der Waals surface area contributed by atoms with Crippen molar-refractivity contribution >= 4 is 94.8 Å². The van der Waals surface area contributed by atoms with Gasteiger partial charge in [-0.2, -0.15) is 21.6 Å². The number of carboxylic acids is 4. The summed E-state index contributed by atoms with van der Waals surface area (Å²) in [6, 6.07) is 6.67. The van der Waals surface area contributed by atoms with Gasteiger partial charge in [-0.05, 0) is 112 Å². The number of carbonyl (C=O) groups excluding carboxylic acids is 5. The van der Waals surface area contributed by atoms with E-state index in [1.807, 2.05) is 12.1 Å². The second kappa shape index (κ2) is 35.9. The maximum Gasteiger partial charge on any atom is 0.323 e. The van der Waals surface area contributed by atoms with Gasteiger partial charge in [0.2, 0.25) is 21.8 Å². The van der Waals surface area contributed by atoms with Crippen LogP contribution in [0.3, 0.4) is 0 Å². The molecule has 1 fully saturated rings. The van der Waals surface area contributed by atoms with Crippen molar-refractivity contribution in [2.45, 2.75) is 101 Å². The molecule has 0 bridgehead atoms. The second-order valence-electron chi connectivity index (χ2n) is 22.6. The van der Waals surface area contributed by atoms with Crippen molar-refractivity contribution in [3.05, 3.63) is 74.2 Å². The Balaban J connectivity index is 1.08. The lowest BCUT2D eigenvalue weighted by Gasteiger charge is -2.33. The third kappa shape index (κ3) is 27.3. The van der Waals surface area contributed by atoms with Crippen LogP contribution in [0.25, 0.3) is 0 Å². The van der Waals surface area contributed by atoms with Gasteiger partial charge < -0.3 is 41.1 Å². The van der Waals surface area contributed by atoms with Gasteiger partial charge in [0, 0.05) is 101 Å². The lowest BCUT2D eigenvalue weighted by Crippen LogP contribution is -2.50. The number of aryl methyl sites for hydroxylation is 6. The van der Waals surface area contributed by atoms with Gasteiger partial charge >= 0.3 is 23.9 Å². The minimum Gasteiger partial charge on any atom is -0.494 e. The molecule has 1 aromatic carbocycles. The number of nitrogens with zero attached hydrogens (tertiary/aromatic N) is 5. The minimum absolute atomic E-state index is 0.00339. The fraction of sp³-hybridized carbons (Fsp3) is 0.579. The predicted molar refractivity (Wildman–Crippen MR) is 331 cm³/mol. The van der Waals surface area contributed by atoms with Gasteiger partial charge in [0.15, 0.2) is 5.78 Å². The van der Waals surface area contributed by atoms with Gasteiger partial charge in [-0.1, -0.05) is 6.07 Å². The van der Waals surface area contributed by atoms with E-state index in [1.54, 1.807) is 6.07 Å². The summed E-state index contributed by atoms with van der Waals surface area (Å²) in [7, 11) is -14.5. The molecule has 3 heterocycles. The first-order chi connectivity index (χ1) is 43.2. The number of Topliss-reactive ketones (excluding diaryl/α,β-unsaturated/α-hetero) is 2. The number of ether oxygens (including phenoxy) is 1. The SMILES string of the molecule is Cc1cc(OCCCC(=O)NCCCC(=O)[C@H](CS(=O)(=O)O)NC(=O)C(CC(=O)CN2CCN(CC(=O)O)CCN(CC(=O)O)CCN(CC(=O)O)CC2)CS(=O)(=O)O)cc(C)c1S(=O)(=O)NC(CNC(=O)c1ccc(CCc2ccc3c(n2)CCCC3)s1)C(=O)O. The number of hydrogen-bond donors (Lipinski definition) is 10. The van der Waals surface area contributed by atoms with Gasteiger partial charge in [-0.25, -0.2) is 8.42 Å². The summed E-state index contributed by atoms with van der Waals surface area (Å²) in [4.78, 5) is 125. The van der Waals surface area contributed by atoms with Crippen LogP contribution in [0, 0.1) is 19.8 Å². The van der Waals surface area contributed by atoms with Crippen LogP contribution in [0.5, 0.6) is 5.75 Å². The molecule has 3 amide bonds. The smallest absolute Gasteiger partial charge is 0.323 e. The molecule has 3 atom stereocenters. The average Bonchev–Trinajstić information content (AvgIpc) is 0.911. The lowest BCUT2D eigenvalue weighted by atomic mass is 9.95. The summed E-state index contributed by atoms with van der Waals surface area (Å²) in [5.74, 6) is -13.8. The topological polar surface area (TPSA) is 461 Å². The number of aliphatic carboxylic acids is 4. The number of hydrogen-bond acceptors (Lipinski definition) is 22. The molecule has 2 aliphatic rings. The standard InChI is InChI=1S/C57H81N9O22S4/c1-37-27-43(28-38(2)54(37)92(86,87)62-46(57(78)79)30-59-56(77)49-16-15-44(89-49)14-13-41-12-11-39-7-3-4-8-45(39)60-41)88-26-6-10-50(69)58-17-5-9-48(68)47(36-91(83,84)85)61-55(76)40(35-90(80,81)82)29-42(67)31-63-18-20-64(32-51(70)71)22-24-66(34-53(74)75)25-23-65(21-19-63)33-52(72)73/h11-12,15-16,27-28,40,46-47,62H,3-10,13-14,17-26,29-36H2,1-2H3,(H,58,69)(H,59,77)(H,61,76)(H,70,71)(H,72,73)(H,74,75)(H,78,79)(H,80,81,82)(H,83,84,85)/t40?,46?,47-/m0/s1. The fourth-order valence-corrected chi connectivity index (χ4v) is 14.6. The van der Waals surface area contributed by atoms with Gasteiger partial charge in [0.1, 0.15) is 29.4 Å². The van der Waals surface area contributed by atoms with E-state index in [4.69, 9.17) is 9.72 Å². The molecule has 2 aromatic heterocycles. The highest BCUT2D eigenvalue weighted by atomic mass is 32.2. The molecule has 2 unspecified atom stereocenters. The number of carbonyl (C=O) groups is 9. The summed E-state index contributed by atoms with van der Waals surface area (Å²) in [5.41, 5.74) is 3.78. The van der Waals surface area contributed by atoms with Crippen molar-refractivity contribution < 1.29 is 103 Å². The first kappa shape index (κ1) is 75.8. The fourth-order valence-electron chi connectivity index (χ4n) is 10.5. The Labute approximate surface area is 537 Å². The summed E-state index contributed by atoms with van der Waals surface area (Å²) in [6.07, 6.45) is 4.07. The third-order valence-corrected chi connectivity index (χ3v) is 19.5. The second-order valence-corrected chi connectivity index (χ2v) is 28.5. The summed E-state index contributed by atoms with van der Waals surface area (Å²) < 4.78 is 103. The van der Waals surface area contributed by atoms with Crippen molar-refractivity contribution in [3.63, 3.8) is 0 Å². The molecular formula is C57H81N9O22S4. The number of aromatic nitrogens is 1. The van der Waals surface area contributed by atoms with E-state index in [9.17, 15) is 97.9 Å². The molecule has 0 spiro atoms. The molecule has 0 saturated carbocycles. The molecule has 10 N–H and O–H groups in total. The molecule has 5 rings (SSSR count). The average molecular weight is 1370 g/mol. The van der Waals surface area contributed by atoms with Crippen molar-refractivity contribution in [3.8, 4) is 5.75 Å². The van der Waals surface area contributed by atoms with Gasteiger partial charge in [-0.3, -0.25) is 76.8 Å². The Morgan fingerprint density at radius 3 is 1.75 bits per heavy atom. The normalized spacial score (nSPS) is 16.1. The molecule has 1 aliphatic carbocycles. The largest absolute Gasteiger partial charge is 0.494 e. The van der Waals surface area contributed by atoms with Crippen LogP contribution in [0.4, 0.5) is 0 Å². The van der Waals surface area contributed by atoms with Crippen molar-refractivity contribution in [2.24, 2.45) is 5.92 Å². The van der Waals surface area contributed by atoms with E-state index in [0.717, 1.165) is 41.9 Å². The van der Waals surface area contributed by atoms with E-state index in [1.165, 1.54) is 62.5 Å². The monoisotopic (exact) mass is 1370 g/mol. The zero-order chi connectivity index (χ0) is 67.9. The van der Waals surface area contributed by atoms with E-state index in [-0.39, 0.29) is 107 Å². The maximum absolute atomic E-state index is 13.6. The molecule has 1 saturated heterocycles. The zero-order valence-corrected chi connectivity index (χ0v) is 54.3. The van der Waals surface area contributed by atoms with Gasteiger partial charge in [0.05, 0.1) is 54.2 Å². The molecule has 92 heavy (non-hydrogen) atoms. The van der Waals surface area contributed by atoms with Crippen molar-refractivity contribution in [1.29, 1.82) is 0 Å². The lowest BCUT2D eigenvalue weighted by molar-refractivity contribution is -0.140. The van der Waals surface area contributed by atoms with Crippen molar-refractivity contribution in [2.75, 3.05) is 110 Å². The molecule has 31 nitrogen and oxygen atoms in total. The van der Waals surface area contributed by atoms with Crippen LogP contribution in [0.15, 0.2) is 41.3 Å². The highest BCUT2D eigenvalue weighted by Crippen LogP contribution is 2.27. The van der Waals surface area contributed by atoms with Crippen LogP contribution >= 0.6 is 11.3 Å². The molecule has 35 heteroatoms. The van der Waals surface area contributed by atoms with E-state index >= 15 is 0 Å². The minimum atomic E-state index is -5.03. The van der Waals surface area contributed by atoms with Crippen LogP contribution < -0.4 is 25.4 Å². The van der Waals surface area contributed by atoms with Crippen LogP contribution in [0.1, 0.15) is 87.6 Å². The number of fused-ring (bicyclic) bond motifs is 1. The molecular weight excluding hydrogens is 1290 g/mol. The number of amides is 3. The van der Waals surface area contributed by atoms with Crippen molar-refractivity contribution in [1.82, 2.24) is 45.3 Å². The Bertz CT molecular complexity index is 3420. The van der Waals surface area contributed by atoms with Crippen LogP contribution in [-0.2, 0) is 94.3 Å². The van der Waals surface area contributed by atoms with E-state index < -0.39 is 158 Å². The highest BCUT2D eigenvalue weighted by Gasteiger charge is 2.34. The van der Waals surface area contributed by atoms with Crippen LogP contribution in [-0.4, -0.2) is 254 Å². The van der Waals surface area contributed by atoms with Gasteiger partial charge in [0.25, 0.3) is 26.1 Å². The van der Waals surface area contributed by atoms with Crippen LogP contribution in [0.2, 0.25) is 0 Å². The number of pyridine rings is 1. The number of ketones is 2. The molecule has 0 radical (unpaired) electrons. The summed E-state index contributed by atoms with van der Waals surface area (Å²) >= 11 is 1.25. The Kier molecular flexibility index (Phi) is 29.6. The number of benzene rings is 1. The third-order valence-electron chi connectivity index (χ3n) is 15.0. The number of rotatable bonds is 36. The quantitative estimate of drug-likeness (QED) is 0.0260. The van der Waals surface area contributed by atoms with E-state index in [2.05, 4.69) is 26.7 Å². The molecule has 3 aromatic rings. The predicted octanol–water partition coefficient (Wildman–Crippen LogP) is -0.479. The summed E-state index contributed by atoms with van der Waals surface area (Å²) in [6.45, 7) is 0.587. The number of thiophene rings is 1. The number of nitrogens with one attached hydrogen (secondary N) is 4. The Morgan fingerprint density at radius 2 is 1.21 bits per heavy atom. The highest BCUT2D eigenvalue weighted by molar-refractivity contribution is 7.89.